The highest BCUT2D eigenvalue weighted by Gasteiger charge is 2.37. The van der Waals surface area contributed by atoms with Crippen LogP contribution in [0.25, 0.3) is 0 Å². The van der Waals surface area contributed by atoms with Crippen LogP contribution in [0.3, 0.4) is 0 Å². The van der Waals surface area contributed by atoms with Crippen molar-refractivity contribution >= 4 is 17.3 Å². The molecule has 20 heavy (non-hydrogen) atoms. The third-order valence-electron chi connectivity index (χ3n) is 4.93. The minimum absolute atomic E-state index is 0.220. The molecule has 1 heterocycles. The molecule has 2 nitrogen and oxygen atoms in total. The zero-order chi connectivity index (χ0) is 14.8. The van der Waals surface area contributed by atoms with E-state index in [1.165, 1.54) is 11.3 Å². The second-order valence-corrected chi connectivity index (χ2v) is 6.37. The summed E-state index contributed by atoms with van der Waals surface area (Å²) in [6.07, 6.45) is 3.45. The van der Waals surface area contributed by atoms with Crippen LogP contribution in [0.5, 0.6) is 0 Å². The van der Waals surface area contributed by atoms with Gasteiger partial charge in [-0.15, -0.1) is 0 Å². The lowest BCUT2D eigenvalue weighted by Gasteiger charge is -2.49. The van der Waals surface area contributed by atoms with Crippen molar-refractivity contribution in [2.24, 2.45) is 0 Å². The Morgan fingerprint density at radius 2 is 2.00 bits per heavy atom. The lowest BCUT2D eigenvalue weighted by Crippen LogP contribution is -2.64. The topological polar surface area (TPSA) is 15.3 Å². The van der Waals surface area contributed by atoms with Crippen LogP contribution in [0.2, 0.25) is 5.02 Å². The van der Waals surface area contributed by atoms with E-state index in [0.29, 0.717) is 6.04 Å². The zero-order valence-electron chi connectivity index (χ0n) is 13.2. The Kier molecular flexibility index (Phi) is 4.98. The number of hydrogen-bond acceptors (Lipinski definition) is 2. The number of halogens is 1. The number of anilines is 1. The number of hydrogen-bond donors (Lipinski definition) is 1. The first-order valence-electron chi connectivity index (χ1n) is 7.83. The fourth-order valence-electron chi connectivity index (χ4n) is 3.29. The van der Waals surface area contributed by atoms with Crippen LogP contribution in [-0.4, -0.2) is 24.7 Å². The molecule has 0 aromatic heterocycles. The average Bonchev–Trinajstić information content (AvgIpc) is 2.47. The molecule has 0 aliphatic carbocycles. The summed E-state index contributed by atoms with van der Waals surface area (Å²) in [5, 5.41) is 4.67. The number of rotatable bonds is 4. The van der Waals surface area contributed by atoms with Crippen molar-refractivity contribution in [3.63, 3.8) is 0 Å². The van der Waals surface area contributed by atoms with Crippen LogP contribution in [0, 0.1) is 6.92 Å². The molecule has 2 rings (SSSR count). The van der Waals surface area contributed by atoms with Crippen molar-refractivity contribution < 1.29 is 0 Å². The zero-order valence-corrected chi connectivity index (χ0v) is 13.9. The van der Waals surface area contributed by atoms with Gasteiger partial charge in [0.15, 0.2) is 0 Å². The summed E-state index contributed by atoms with van der Waals surface area (Å²) in [6.45, 7) is 11.1. The number of para-hydroxylation sites is 1. The predicted molar refractivity (Wildman–Crippen MR) is 88.9 cm³/mol. The second-order valence-electron chi connectivity index (χ2n) is 5.96. The first-order valence-corrected chi connectivity index (χ1v) is 8.21. The van der Waals surface area contributed by atoms with E-state index in [9.17, 15) is 0 Å². The van der Waals surface area contributed by atoms with Gasteiger partial charge in [-0.05, 0) is 37.8 Å². The van der Waals surface area contributed by atoms with Crippen LogP contribution in [-0.2, 0) is 0 Å². The Bertz CT molecular complexity index is 434. The summed E-state index contributed by atoms with van der Waals surface area (Å²) < 4.78 is 0. The highest BCUT2D eigenvalue weighted by Crippen LogP contribution is 2.35. The van der Waals surface area contributed by atoms with Gasteiger partial charge in [0.05, 0.1) is 10.7 Å². The van der Waals surface area contributed by atoms with E-state index in [-0.39, 0.29) is 5.54 Å². The Hall–Kier alpha value is -0.730. The standard InChI is InChI=1S/C17H27ClN2/c1-5-14-11-19-17(6-2,7-3)12-20(14)16-13(4)9-8-10-15(16)18/h8-10,14,19H,5-7,11-12H2,1-4H3. The van der Waals surface area contributed by atoms with E-state index in [1.54, 1.807) is 0 Å². The second kappa shape index (κ2) is 6.36. The van der Waals surface area contributed by atoms with Crippen LogP contribution in [0.4, 0.5) is 5.69 Å². The van der Waals surface area contributed by atoms with Crippen molar-refractivity contribution in [1.82, 2.24) is 5.32 Å². The minimum atomic E-state index is 0.220. The molecule has 3 heteroatoms. The first kappa shape index (κ1) is 15.7. The summed E-state index contributed by atoms with van der Waals surface area (Å²) in [7, 11) is 0. The lowest BCUT2D eigenvalue weighted by atomic mass is 9.87. The quantitative estimate of drug-likeness (QED) is 0.886. The molecule has 1 aliphatic rings. The maximum Gasteiger partial charge on any atom is 0.0642 e. The van der Waals surface area contributed by atoms with Crippen LogP contribution in [0.15, 0.2) is 18.2 Å². The number of aryl methyl sites for hydroxylation is 1. The summed E-state index contributed by atoms with van der Waals surface area (Å²) in [5.74, 6) is 0. The molecule has 0 saturated carbocycles. The van der Waals surface area contributed by atoms with Crippen molar-refractivity contribution in [2.45, 2.75) is 58.5 Å². The summed E-state index contributed by atoms with van der Waals surface area (Å²) in [4.78, 5) is 2.54. The average molecular weight is 295 g/mol. The SMILES string of the molecule is CCC1CNC(CC)(CC)CN1c1c(C)cccc1Cl. The molecule has 1 aromatic rings. The first-order chi connectivity index (χ1) is 9.56. The molecule has 1 aromatic carbocycles. The highest BCUT2D eigenvalue weighted by molar-refractivity contribution is 6.33. The molecule has 0 amide bonds. The maximum atomic E-state index is 6.50. The Morgan fingerprint density at radius 1 is 1.30 bits per heavy atom. The van der Waals surface area contributed by atoms with E-state index in [1.807, 2.05) is 12.1 Å². The Morgan fingerprint density at radius 3 is 2.55 bits per heavy atom. The van der Waals surface area contributed by atoms with E-state index < -0.39 is 0 Å². The van der Waals surface area contributed by atoms with E-state index >= 15 is 0 Å². The van der Waals surface area contributed by atoms with Gasteiger partial charge in [-0.3, -0.25) is 0 Å². The van der Waals surface area contributed by atoms with Crippen molar-refractivity contribution in [3.05, 3.63) is 28.8 Å². The normalized spacial score (nSPS) is 22.1. The fraction of sp³-hybridized carbons (Fsp3) is 0.647. The fourth-order valence-corrected chi connectivity index (χ4v) is 3.62. The number of nitrogens with one attached hydrogen (secondary N) is 1. The van der Waals surface area contributed by atoms with Crippen LogP contribution in [0.1, 0.15) is 45.6 Å². The van der Waals surface area contributed by atoms with Gasteiger partial charge in [0.1, 0.15) is 0 Å². The van der Waals surface area contributed by atoms with E-state index in [0.717, 1.165) is 37.4 Å². The van der Waals surface area contributed by atoms with Crippen LogP contribution >= 0.6 is 11.6 Å². The Labute approximate surface area is 128 Å². The van der Waals surface area contributed by atoms with Gasteiger partial charge >= 0.3 is 0 Å². The summed E-state index contributed by atoms with van der Waals surface area (Å²) in [5.41, 5.74) is 2.73. The third kappa shape index (κ3) is 2.82. The molecule has 0 spiro atoms. The predicted octanol–water partition coefficient (Wildman–Crippen LogP) is 4.40. The van der Waals surface area contributed by atoms with Gasteiger partial charge < -0.3 is 10.2 Å². The van der Waals surface area contributed by atoms with Gasteiger partial charge in [-0.1, -0.05) is 44.5 Å². The molecule has 1 saturated heterocycles. The lowest BCUT2D eigenvalue weighted by molar-refractivity contribution is 0.246. The number of piperazine rings is 1. The molecule has 0 bridgehead atoms. The highest BCUT2D eigenvalue weighted by atomic mass is 35.5. The minimum Gasteiger partial charge on any atom is -0.364 e. The molecule has 0 radical (unpaired) electrons. The van der Waals surface area contributed by atoms with E-state index in [2.05, 4.69) is 44.0 Å². The molecular formula is C17H27ClN2. The monoisotopic (exact) mass is 294 g/mol. The molecule has 1 aliphatic heterocycles. The molecular weight excluding hydrogens is 268 g/mol. The third-order valence-corrected chi connectivity index (χ3v) is 5.23. The molecule has 1 unspecified atom stereocenters. The molecule has 1 N–H and O–H groups in total. The van der Waals surface area contributed by atoms with Gasteiger partial charge in [0.2, 0.25) is 0 Å². The van der Waals surface area contributed by atoms with Crippen LogP contribution < -0.4 is 10.2 Å². The van der Waals surface area contributed by atoms with Gasteiger partial charge in [-0.2, -0.15) is 0 Å². The maximum absolute atomic E-state index is 6.50. The van der Waals surface area contributed by atoms with Gasteiger partial charge in [0.25, 0.3) is 0 Å². The van der Waals surface area contributed by atoms with E-state index in [4.69, 9.17) is 11.6 Å². The van der Waals surface area contributed by atoms with Gasteiger partial charge in [0, 0.05) is 24.7 Å². The smallest absolute Gasteiger partial charge is 0.0642 e. The molecule has 1 fully saturated rings. The van der Waals surface area contributed by atoms with Crippen molar-refractivity contribution in [2.75, 3.05) is 18.0 Å². The number of benzene rings is 1. The van der Waals surface area contributed by atoms with Crippen molar-refractivity contribution in [1.29, 1.82) is 0 Å². The largest absolute Gasteiger partial charge is 0.364 e. The molecule has 1 atom stereocenters. The summed E-state index contributed by atoms with van der Waals surface area (Å²) in [6, 6.07) is 6.74. The van der Waals surface area contributed by atoms with Gasteiger partial charge in [-0.25, -0.2) is 0 Å². The summed E-state index contributed by atoms with van der Waals surface area (Å²) >= 11 is 6.50. The Balaban J connectivity index is 2.39. The van der Waals surface area contributed by atoms with Crippen molar-refractivity contribution in [3.8, 4) is 0 Å². The molecule has 112 valence electrons. The number of nitrogens with zero attached hydrogens (tertiary/aromatic N) is 1.